The maximum Gasteiger partial charge on any atom is 0.264 e. The van der Waals surface area contributed by atoms with Crippen LogP contribution in [-0.2, 0) is 14.3 Å². The molecule has 136 valence electrons. The summed E-state index contributed by atoms with van der Waals surface area (Å²) in [6, 6.07) is 16.1. The first kappa shape index (κ1) is 19.2. The molecule has 0 aromatic heterocycles. The first-order chi connectivity index (χ1) is 11.9. The SMILES string of the molecule is CCOc1ccccc1OC(c1ccccc1)C(CO)OS(C)(=O)=O. The van der Waals surface area contributed by atoms with E-state index in [1.165, 1.54) is 0 Å². The van der Waals surface area contributed by atoms with Gasteiger partial charge in [0.2, 0.25) is 0 Å². The smallest absolute Gasteiger partial charge is 0.264 e. The first-order valence-electron chi connectivity index (χ1n) is 7.87. The number of rotatable bonds is 9. The standard InChI is InChI=1S/C18H22O6S/c1-3-22-15-11-7-8-12-16(15)23-18(14-9-5-4-6-10-14)17(13-19)24-25(2,20)21/h4-12,17-19H,3,13H2,1-2H3. The van der Waals surface area contributed by atoms with Gasteiger partial charge in [0.1, 0.15) is 6.10 Å². The van der Waals surface area contributed by atoms with Crippen molar-refractivity contribution in [2.24, 2.45) is 0 Å². The van der Waals surface area contributed by atoms with Gasteiger partial charge in [0.15, 0.2) is 17.6 Å². The summed E-state index contributed by atoms with van der Waals surface area (Å²) in [6.45, 7) is 1.79. The molecular formula is C18H22O6S. The Kier molecular flexibility index (Phi) is 6.81. The van der Waals surface area contributed by atoms with Gasteiger partial charge in [-0.05, 0) is 24.6 Å². The third kappa shape index (κ3) is 5.74. The van der Waals surface area contributed by atoms with Gasteiger partial charge in [0.05, 0.1) is 19.5 Å². The maximum atomic E-state index is 11.5. The monoisotopic (exact) mass is 366 g/mol. The summed E-state index contributed by atoms with van der Waals surface area (Å²) in [4.78, 5) is 0. The second-order valence-corrected chi connectivity index (χ2v) is 6.95. The van der Waals surface area contributed by atoms with E-state index in [4.69, 9.17) is 13.7 Å². The fraction of sp³-hybridized carbons (Fsp3) is 0.333. The van der Waals surface area contributed by atoms with Gasteiger partial charge >= 0.3 is 0 Å². The van der Waals surface area contributed by atoms with Crippen molar-refractivity contribution in [1.82, 2.24) is 0 Å². The molecule has 0 aliphatic heterocycles. The van der Waals surface area contributed by atoms with Crippen molar-refractivity contribution in [2.45, 2.75) is 19.1 Å². The largest absolute Gasteiger partial charge is 0.490 e. The predicted octanol–water partition coefficient (Wildman–Crippen LogP) is 2.54. The van der Waals surface area contributed by atoms with Crippen LogP contribution >= 0.6 is 0 Å². The molecule has 0 aliphatic rings. The Hall–Kier alpha value is -2.09. The van der Waals surface area contributed by atoms with Crippen LogP contribution in [0.2, 0.25) is 0 Å². The molecule has 0 radical (unpaired) electrons. The van der Waals surface area contributed by atoms with Crippen LogP contribution in [-0.4, -0.2) is 39.1 Å². The number of ether oxygens (including phenoxy) is 2. The fourth-order valence-electron chi connectivity index (χ4n) is 2.36. The lowest BCUT2D eigenvalue weighted by molar-refractivity contribution is 0.0178. The second-order valence-electron chi connectivity index (χ2n) is 5.35. The highest BCUT2D eigenvalue weighted by molar-refractivity contribution is 7.86. The zero-order valence-corrected chi connectivity index (χ0v) is 15.0. The number of para-hydroxylation sites is 2. The molecule has 25 heavy (non-hydrogen) atoms. The van der Waals surface area contributed by atoms with Crippen molar-refractivity contribution < 1.29 is 27.2 Å². The van der Waals surface area contributed by atoms with E-state index in [1.54, 1.807) is 42.5 Å². The van der Waals surface area contributed by atoms with Gasteiger partial charge in [-0.25, -0.2) is 0 Å². The Labute approximate surface area is 148 Å². The average molecular weight is 366 g/mol. The number of aliphatic hydroxyl groups is 1. The minimum Gasteiger partial charge on any atom is -0.490 e. The number of aliphatic hydroxyl groups excluding tert-OH is 1. The van der Waals surface area contributed by atoms with E-state index in [-0.39, 0.29) is 0 Å². The highest BCUT2D eigenvalue weighted by atomic mass is 32.2. The summed E-state index contributed by atoms with van der Waals surface area (Å²) in [7, 11) is -3.77. The van der Waals surface area contributed by atoms with Crippen LogP contribution in [0.1, 0.15) is 18.6 Å². The van der Waals surface area contributed by atoms with Crippen LogP contribution in [0.4, 0.5) is 0 Å². The van der Waals surface area contributed by atoms with Gasteiger partial charge < -0.3 is 14.6 Å². The molecule has 2 aromatic carbocycles. The lowest BCUT2D eigenvalue weighted by Crippen LogP contribution is -2.32. The topological polar surface area (TPSA) is 82.1 Å². The highest BCUT2D eigenvalue weighted by Crippen LogP contribution is 2.33. The maximum absolute atomic E-state index is 11.5. The molecule has 0 amide bonds. The van der Waals surface area contributed by atoms with Gasteiger partial charge in [0, 0.05) is 0 Å². The normalized spacial score (nSPS) is 13.9. The molecule has 2 atom stereocenters. The summed E-state index contributed by atoms with van der Waals surface area (Å²) < 4.78 is 39.7. The van der Waals surface area contributed by atoms with Crippen LogP contribution in [0.25, 0.3) is 0 Å². The van der Waals surface area contributed by atoms with Gasteiger partial charge in [-0.3, -0.25) is 4.18 Å². The van der Waals surface area contributed by atoms with Crippen LogP contribution < -0.4 is 9.47 Å². The van der Waals surface area contributed by atoms with Crippen molar-refractivity contribution >= 4 is 10.1 Å². The van der Waals surface area contributed by atoms with E-state index in [0.29, 0.717) is 23.7 Å². The number of hydrogen-bond acceptors (Lipinski definition) is 6. The van der Waals surface area contributed by atoms with Crippen molar-refractivity contribution in [1.29, 1.82) is 0 Å². The molecule has 0 saturated carbocycles. The van der Waals surface area contributed by atoms with E-state index in [1.807, 2.05) is 19.1 Å². The zero-order valence-electron chi connectivity index (χ0n) is 14.2. The lowest BCUT2D eigenvalue weighted by Gasteiger charge is -2.27. The molecule has 0 bridgehead atoms. The van der Waals surface area contributed by atoms with Crippen LogP contribution in [0, 0.1) is 0 Å². The van der Waals surface area contributed by atoms with Crippen molar-refractivity contribution in [3.8, 4) is 11.5 Å². The molecule has 1 N–H and O–H groups in total. The third-order valence-electron chi connectivity index (χ3n) is 3.35. The van der Waals surface area contributed by atoms with Crippen molar-refractivity contribution in [3.05, 3.63) is 60.2 Å². The van der Waals surface area contributed by atoms with Crippen LogP contribution in [0.5, 0.6) is 11.5 Å². The molecule has 2 rings (SSSR count). The van der Waals surface area contributed by atoms with E-state index in [2.05, 4.69) is 0 Å². The molecule has 7 heteroatoms. The lowest BCUT2D eigenvalue weighted by atomic mass is 10.0. The quantitative estimate of drug-likeness (QED) is 0.687. The Morgan fingerprint density at radius 1 is 1.00 bits per heavy atom. The third-order valence-corrected chi connectivity index (χ3v) is 3.94. The number of benzene rings is 2. The highest BCUT2D eigenvalue weighted by Gasteiger charge is 2.29. The summed E-state index contributed by atoms with van der Waals surface area (Å²) >= 11 is 0. The first-order valence-corrected chi connectivity index (χ1v) is 9.68. The van der Waals surface area contributed by atoms with E-state index in [0.717, 1.165) is 6.26 Å². The van der Waals surface area contributed by atoms with Gasteiger partial charge in [-0.15, -0.1) is 0 Å². The molecule has 0 aliphatic carbocycles. The van der Waals surface area contributed by atoms with Gasteiger partial charge in [-0.2, -0.15) is 8.42 Å². The zero-order chi connectivity index (χ0) is 18.3. The Balaban J connectivity index is 2.38. The minimum atomic E-state index is -3.77. The van der Waals surface area contributed by atoms with Crippen molar-refractivity contribution in [2.75, 3.05) is 19.5 Å². The summed E-state index contributed by atoms with van der Waals surface area (Å²) in [6.07, 6.45) is -0.985. The molecule has 2 unspecified atom stereocenters. The molecule has 6 nitrogen and oxygen atoms in total. The minimum absolute atomic E-state index is 0.439. The summed E-state index contributed by atoms with van der Waals surface area (Å²) in [5.41, 5.74) is 0.677. The Morgan fingerprint density at radius 2 is 1.60 bits per heavy atom. The second kappa shape index (κ2) is 8.84. The Morgan fingerprint density at radius 3 is 2.16 bits per heavy atom. The van der Waals surface area contributed by atoms with Crippen LogP contribution in [0.3, 0.4) is 0 Å². The average Bonchev–Trinajstić information content (AvgIpc) is 2.59. The van der Waals surface area contributed by atoms with Gasteiger partial charge in [0.25, 0.3) is 10.1 Å². The molecule has 0 saturated heterocycles. The summed E-state index contributed by atoms with van der Waals surface area (Å²) in [5.74, 6) is 0.968. The molecule has 0 heterocycles. The summed E-state index contributed by atoms with van der Waals surface area (Å²) in [5, 5.41) is 9.67. The fourth-order valence-corrected chi connectivity index (χ4v) is 2.97. The molecule has 2 aromatic rings. The van der Waals surface area contributed by atoms with Gasteiger partial charge in [-0.1, -0.05) is 42.5 Å². The Bertz CT molecular complexity index is 760. The van der Waals surface area contributed by atoms with E-state index >= 15 is 0 Å². The molecular weight excluding hydrogens is 344 g/mol. The van der Waals surface area contributed by atoms with E-state index < -0.39 is 28.9 Å². The van der Waals surface area contributed by atoms with Crippen LogP contribution in [0.15, 0.2) is 54.6 Å². The molecule has 0 spiro atoms. The molecule has 0 fully saturated rings. The number of hydrogen-bond donors (Lipinski definition) is 1. The van der Waals surface area contributed by atoms with Crippen molar-refractivity contribution in [3.63, 3.8) is 0 Å². The predicted molar refractivity (Wildman–Crippen MR) is 94.2 cm³/mol. The van der Waals surface area contributed by atoms with E-state index in [9.17, 15) is 13.5 Å².